The molecule has 1 aromatic heterocycles. The molecule has 0 unspecified atom stereocenters. The van der Waals surface area contributed by atoms with E-state index in [2.05, 4.69) is 20.8 Å². The summed E-state index contributed by atoms with van der Waals surface area (Å²) in [5.41, 5.74) is 2.81. The molecule has 0 atom stereocenters. The summed E-state index contributed by atoms with van der Waals surface area (Å²) in [5, 5.41) is 13.7. The van der Waals surface area contributed by atoms with E-state index in [0.717, 1.165) is 28.6 Å². The van der Waals surface area contributed by atoms with Crippen LogP contribution in [0.4, 0.5) is 11.4 Å². The van der Waals surface area contributed by atoms with E-state index in [9.17, 15) is 0 Å². The molecular formula is C21H26ClN4NaO2S. The Kier molecular flexibility index (Phi) is 12.5. The van der Waals surface area contributed by atoms with Crippen LogP contribution in [0.15, 0.2) is 54.6 Å². The fourth-order valence-corrected chi connectivity index (χ4v) is 2.72. The van der Waals surface area contributed by atoms with Gasteiger partial charge in [0, 0.05) is 17.1 Å². The number of halogens is 1. The minimum atomic E-state index is 0. The van der Waals surface area contributed by atoms with Gasteiger partial charge in [-0.05, 0) is 87.6 Å². The maximum absolute atomic E-state index is 5.42. The first kappa shape index (κ1) is 26.3. The number of aryl methyl sites for hydroxylation is 1. The first-order valence-electron chi connectivity index (χ1n) is 9.21. The molecule has 0 radical (unpaired) electrons. The summed E-state index contributed by atoms with van der Waals surface area (Å²) in [6.07, 6.45) is 0. The number of thiocarbonyl (C=S) groups is 1. The fourth-order valence-electron chi connectivity index (χ4n) is 2.28. The van der Waals surface area contributed by atoms with Gasteiger partial charge in [-0.15, -0.1) is 0 Å². The standard InChI is InChI=1S/C17H20N2O2S.C4H5ClN2.Na.H/c1-3-20-15-9-5-13(6-10-15)18-17(22)19-14-7-11-16(12-8-14)21-4-2;1-3-2-4(5)7-6-3;;/h5-12H,3-4H2,1-2H3,(H2,18,19,22);2H,1H3,(H,6,7);;/q;;+1;-1. The van der Waals surface area contributed by atoms with Crippen molar-refractivity contribution >= 4 is 40.3 Å². The third-order valence-corrected chi connectivity index (χ3v) is 3.92. The van der Waals surface area contributed by atoms with E-state index >= 15 is 0 Å². The van der Waals surface area contributed by atoms with E-state index < -0.39 is 0 Å². The van der Waals surface area contributed by atoms with Crippen LogP contribution in [0.2, 0.25) is 5.15 Å². The van der Waals surface area contributed by atoms with Crippen molar-refractivity contribution in [3.05, 3.63) is 65.4 Å². The summed E-state index contributed by atoms with van der Waals surface area (Å²) in [6, 6.07) is 17.1. The summed E-state index contributed by atoms with van der Waals surface area (Å²) in [4.78, 5) is 0. The third kappa shape index (κ3) is 9.82. The second-order valence-electron chi connectivity index (χ2n) is 5.87. The molecule has 0 saturated carbocycles. The molecule has 1 heterocycles. The van der Waals surface area contributed by atoms with E-state index in [4.69, 9.17) is 33.3 Å². The topological polar surface area (TPSA) is 71.2 Å². The number of H-pyrrole nitrogens is 1. The Hall–Kier alpha value is -1.77. The van der Waals surface area contributed by atoms with Gasteiger partial charge < -0.3 is 21.5 Å². The van der Waals surface area contributed by atoms with Crippen molar-refractivity contribution in [3.63, 3.8) is 0 Å². The first-order chi connectivity index (χ1) is 14.0. The summed E-state index contributed by atoms with van der Waals surface area (Å²) in [6.45, 7) is 7.14. The van der Waals surface area contributed by atoms with E-state index in [0.29, 0.717) is 23.5 Å². The Labute approximate surface area is 211 Å². The average Bonchev–Trinajstić information content (AvgIpc) is 3.08. The second-order valence-corrected chi connectivity index (χ2v) is 6.66. The van der Waals surface area contributed by atoms with E-state index in [-0.39, 0.29) is 31.0 Å². The number of ether oxygens (including phenoxy) is 2. The largest absolute Gasteiger partial charge is 1.00 e. The fraction of sp³-hybridized carbons (Fsp3) is 0.238. The molecule has 3 N–H and O–H groups in total. The van der Waals surface area contributed by atoms with Crippen molar-refractivity contribution in [2.24, 2.45) is 0 Å². The maximum atomic E-state index is 5.42. The van der Waals surface area contributed by atoms with E-state index in [1.54, 1.807) is 6.07 Å². The van der Waals surface area contributed by atoms with Crippen molar-refractivity contribution in [3.8, 4) is 11.5 Å². The quantitative estimate of drug-likeness (QED) is 0.391. The average molecular weight is 457 g/mol. The molecule has 0 bridgehead atoms. The minimum absolute atomic E-state index is 0. The van der Waals surface area contributed by atoms with E-state index in [1.165, 1.54) is 0 Å². The monoisotopic (exact) mass is 456 g/mol. The normalized spacial score (nSPS) is 9.47. The van der Waals surface area contributed by atoms with Gasteiger partial charge in [0.15, 0.2) is 10.3 Å². The van der Waals surface area contributed by atoms with Crippen LogP contribution in [0.25, 0.3) is 0 Å². The Morgan fingerprint density at radius 2 is 1.40 bits per heavy atom. The van der Waals surface area contributed by atoms with Gasteiger partial charge in [-0.2, -0.15) is 5.10 Å². The number of aromatic amines is 1. The molecule has 0 saturated heterocycles. The summed E-state index contributed by atoms with van der Waals surface area (Å²) in [5.74, 6) is 1.69. The summed E-state index contributed by atoms with van der Waals surface area (Å²) in [7, 11) is 0. The molecule has 0 amide bonds. The van der Waals surface area contributed by atoms with Gasteiger partial charge in [-0.1, -0.05) is 11.6 Å². The SMILES string of the molecule is CCOc1ccc(NC(=S)Nc2ccc(OCC)cc2)cc1.Cc1cc(Cl)n[nH]1.[H-].[Na+]. The van der Waals surface area contributed by atoms with Crippen molar-refractivity contribution in [1.29, 1.82) is 0 Å². The summed E-state index contributed by atoms with van der Waals surface area (Å²) < 4.78 is 10.8. The molecule has 0 spiro atoms. The smallest absolute Gasteiger partial charge is 1.00 e. The van der Waals surface area contributed by atoms with Crippen LogP contribution in [0.1, 0.15) is 21.0 Å². The van der Waals surface area contributed by atoms with Crippen LogP contribution >= 0.6 is 23.8 Å². The Bertz CT molecular complexity index is 825. The third-order valence-electron chi connectivity index (χ3n) is 3.52. The molecule has 9 heteroatoms. The van der Waals surface area contributed by atoms with Crippen molar-refractivity contribution in [1.82, 2.24) is 10.2 Å². The molecule has 0 aliphatic rings. The number of nitrogens with one attached hydrogen (secondary N) is 3. The zero-order valence-electron chi connectivity index (χ0n) is 18.7. The molecule has 30 heavy (non-hydrogen) atoms. The maximum Gasteiger partial charge on any atom is 1.00 e. The molecule has 3 rings (SSSR count). The van der Waals surface area contributed by atoms with Gasteiger partial charge in [0.2, 0.25) is 0 Å². The Balaban J connectivity index is 0.000000854. The molecule has 2 aromatic carbocycles. The minimum Gasteiger partial charge on any atom is -1.00 e. The van der Waals surface area contributed by atoms with Crippen LogP contribution < -0.4 is 49.7 Å². The number of hydrogen-bond donors (Lipinski definition) is 3. The number of rotatable bonds is 6. The molecule has 0 fully saturated rings. The Morgan fingerprint density at radius 1 is 0.967 bits per heavy atom. The second kappa shape index (κ2) is 14.3. The number of hydrogen-bond acceptors (Lipinski definition) is 4. The van der Waals surface area contributed by atoms with Crippen LogP contribution in [0.3, 0.4) is 0 Å². The van der Waals surface area contributed by atoms with Gasteiger partial charge in [-0.25, -0.2) is 0 Å². The Morgan fingerprint density at radius 3 is 1.67 bits per heavy atom. The van der Waals surface area contributed by atoms with Crippen LogP contribution in [-0.2, 0) is 0 Å². The van der Waals surface area contributed by atoms with Crippen LogP contribution in [0.5, 0.6) is 11.5 Å². The van der Waals surface area contributed by atoms with Crippen molar-refractivity contribution in [2.75, 3.05) is 23.8 Å². The molecule has 3 aromatic rings. The van der Waals surface area contributed by atoms with Crippen molar-refractivity contribution in [2.45, 2.75) is 20.8 Å². The van der Waals surface area contributed by atoms with Crippen LogP contribution in [0, 0.1) is 6.92 Å². The molecule has 0 aliphatic carbocycles. The van der Waals surface area contributed by atoms with Gasteiger partial charge in [0.05, 0.1) is 13.2 Å². The first-order valence-corrected chi connectivity index (χ1v) is 10.00. The van der Waals surface area contributed by atoms with Gasteiger partial charge >= 0.3 is 29.6 Å². The van der Waals surface area contributed by atoms with Gasteiger partial charge in [0.25, 0.3) is 0 Å². The van der Waals surface area contributed by atoms with Crippen LogP contribution in [-0.4, -0.2) is 28.5 Å². The zero-order valence-corrected chi connectivity index (χ0v) is 21.2. The van der Waals surface area contributed by atoms with Crippen molar-refractivity contribution < 1.29 is 40.5 Å². The zero-order chi connectivity index (χ0) is 21.1. The molecular weight excluding hydrogens is 431 g/mol. The predicted molar refractivity (Wildman–Crippen MR) is 125 cm³/mol. The molecule has 6 nitrogen and oxygen atoms in total. The number of nitrogens with zero attached hydrogens (tertiary/aromatic N) is 1. The molecule has 0 aliphatic heterocycles. The summed E-state index contributed by atoms with van der Waals surface area (Å²) >= 11 is 10.7. The number of aromatic nitrogens is 2. The number of benzene rings is 2. The number of anilines is 2. The van der Waals surface area contributed by atoms with E-state index in [1.807, 2.05) is 69.3 Å². The van der Waals surface area contributed by atoms with Gasteiger partial charge in [-0.3, -0.25) is 5.10 Å². The molecule has 156 valence electrons. The van der Waals surface area contributed by atoms with Gasteiger partial charge in [0.1, 0.15) is 11.5 Å². The predicted octanol–water partition coefficient (Wildman–Crippen LogP) is 2.78.